The molecule has 5 nitrogen and oxygen atoms in total. The van der Waals surface area contributed by atoms with Crippen molar-refractivity contribution in [2.45, 2.75) is 44.2 Å². The average Bonchev–Trinajstić information content (AvgIpc) is 2.88. The third kappa shape index (κ3) is 4.45. The summed E-state index contributed by atoms with van der Waals surface area (Å²) in [7, 11) is 1.56. The quantitative estimate of drug-likeness (QED) is 0.752. The molecule has 2 fully saturated rings. The molecule has 132 valence electrons. The van der Waals surface area contributed by atoms with Crippen LogP contribution in [0, 0.1) is 11.7 Å². The van der Waals surface area contributed by atoms with Gasteiger partial charge in [0.2, 0.25) is 5.91 Å². The Hall–Kier alpha value is -1.66. The first-order valence-corrected chi connectivity index (χ1v) is 8.61. The molecule has 1 aromatic rings. The van der Waals surface area contributed by atoms with Gasteiger partial charge in [-0.3, -0.25) is 4.79 Å². The molecule has 0 radical (unpaired) electrons. The maximum absolute atomic E-state index is 14.0. The number of hydrogen-bond donors (Lipinski definition) is 2. The number of anilines is 1. The first kappa shape index (κ1) is 17.2. The van der Waals surface area contributed by atoms with Crippen molar-refractivity contribution in [2.75, 3.05) is 25.6 Å². The minimum atomic E-state index is -0.483. The topological polar surface area (TPSA) is 59.6 Å². The molecule has 3 rings (SSSR count). The fourth-order valence-corrected chi connectivity index (χ4v) is 3.75. The van der Waals surface area contributed by atoms with E-state index in [9.17, 15) is 9.18 Å². The Morgan fingerprint density at radius 3 is 2.71 bits per heavy atom. The fraction of sp³-hybridized carbons (Fsp3) is 0.611. The molecule has 0 aliphatic carbocycles. The van der Waals surface area contributed by atoms with E-state index in [2.05, 4.69) is 10.6 Å². The van der Waals surface area contributed by atoms with Crippen LogP contribution < -0.4 is 15.4 Å². The minimum Gasteiger partial charge on any atom is -0.488 e. The zero-order chi connectivity index (χ0) is 16.9. The number of methoxy groups -OCH3 is 1. The SMILES string of the molecule is COCCOc1ccc(NC(=O)CC2CC3CCC(C2)N3)cc1F. The molecule has 0 aromatic heterocycles. The molecular formula is C18H25FN2O3. The van der Waals surface area contributed by atoms with Crippen LogP contribution in [0.2, 0.25) is 0 Å². The van der Waals surface area contributed by atoms with Crippen LogP contribution in [0.25, 0.3) is 0 Å². The standard InChI is InChI=1S/C18H25FN2O3/c1-23-6-7-24-17-5-4-15(11-16(17)19)21-18(22)10-12-8-13-2-3-14(9-12)20-13/h4-5,11-14,20H,2-3,6-10H2,1H3,(H,21,22). The Labute approximate surface area is 141 Å². The molecule has 1 amide bonds. The summed E-state index contributed by atoms with van der Waals surface area (Å²) in [5, 5.41) is 6.37. The van der Waals surface area contributed by atoms with Crippen molar-refractivity contribution in [2.24, 2.45) is 5.92 Å². The Morgan fingerprint density at radius 2 is 2.04 bits per heavy atom. The Balaban J connectivity index is 1.50. The van der Waals surface area contributed by atoms with E-state index in [1.807, 2.05) is 0 Å². The summed E-state index contributed by atoms with van der Waals surface area (Å²) in [6.07, 6.45) is 5.06. The number of ether oxygens (including phenoxy) is 2. The van der Waals surface area contributed by atoms with E-state index in [1.54, 1.807) is 13.2 Å². The lowest BCUT2D eigenvalue weighted by molar-refractivity contribution is -0.117. The molecule has 0 saturated carbocycles. The van der Waals surface area contributed by atoms with Crippen molar-refractivity contribution in [1.29, 1.82) is 0 Å². The van der Waals surface area contributed by atoms with Crippen LogP contribution in [0.1, 0.15) is 32.1 Å². The highest BCUT2D eigenvalue weighted by molar-refractivity contribution is 5.90. The van der Waals surface area contributed by atoms with Gasteiger partial charge in [-0.25, -0.2) is 4.39 Å². The smallest absolute Gasteiger partial charge is 0.224 e. The minimum absolute atomic E-state index is 0.0475. The number of fused-ring (bicyclic) bond motifs is 2. The number of carbonyl (C=O) groups is 1. The average molecular weight is 336 g/mol. The summed E-state index contributed by atoms with van der Waals surface area (Å²) >= 11 is 0. The monoisotopic (exact) mass is 336 g/mol. The van der Waals surface area contributed by atoms with Crippen molar-refractivity contribution < 1.29 is 18.7 Å². The van der Waals surface area contributed by atoms with E-state index in [0.717, 1.165) is 12.8 Å². The number of carbonyl (C=O) groups excluding carboxylic acids is 1. The van der Waals surface area contributed by atoms with Gasteiger partial charge < -0.3 is 20.1 Å². The summed E-state index contributed by atoms with van der Waals surface area (Å²) in [5.74, 6) is 0.0581. The molecular weight excluding hydrogens is 311 g/mol. The van der Waals surface area contributed by atoms with Crippen molar-refractivity contribution >= 4 is 11.6 Å². The molecule has 2 saturated heterocycles. The largest absolute Gasteiger partial charge is 0.488 e. The number of rotatable bonds is 7. The van der Waals surface area contributed by atoms with Gasteiger partial charge in [0.1, 0.15) is 6.61 Å². The number of piperidine rings is 1. The van der Waals surface area contributed by atoms with Crippen LogP contribution in [0.15, 0.2) is 18.2 Å². The van der Waals surface area contributed by atoms with Crippen LogP contribution in [-0.4, -0.2) is 38.3 Å². The van der Waals surface area contributed by atoms with Crippen LogP contribution in [0.4, 0.5) is 10.1 Å². The second-order valence-electron chi connectivity index (χ2n) is 6.71. The maximum atomic E-state index is 14.0. The lowest BCUT2D eigenvalue weighted by atomic mass is 9.89. The number of nitrogens with one attached hydrogen (secondary N) is 2. The number of halogens is 1. The van der Waals surface area contributed by atoms with Gasteiger partial charge in [0.25, 0.3) is 0 Å². The van der Waals surface area contributed by atoms with E-state index in [4.69, 9.17) is 9.47 Å². The molecule has 2 heterocycles. The fourth-order valence-electron chi connectivity index (χ4n) is 3.75. The van der Waals surface area contributed by atoms with Crippen LogP contribution in [0.3, 0.4) is 0 Å². The van der Waals surface area contributed by atoms with Crippen molar-refractivity contribution in [1.82, 2.24) is 5.32 Å². The van der Waals surface area contributed by atoms with Gasteiger partial charge in [0, 0.05) is 37.4 Å². The van der Waals surface area contributed by atoms with Gasteiger partial charge >= 0.3 is 0 Å². The van der Waals surface area contributed by atoms with E-state index < -0.39 is 5.82 Å². The third-order valence-electron chi connectivity index (χ3n) is 4.81. The Bertz CT molecular complexity index is 569. The van der Waals surface area contributed by atoms with E-state index in [1.165, 1.54) is 25.0 Å². The molecule has 2 bridgehead atoms. The summed E-state index contributed by atoms with van der Waals surface area (Å²) in [4.78, 5) is 12.2. The molecule has 2 aliphatic rings. The molecule has 2 N–H and O–H groups in total. The first-order valence-electron chi connectivity index (χ1n) is 8.61. The lowest BCUT2D eigenvalue weighted by Crippen LogP contribution is -2.39. The predicted molar refractivity (Wildman–Crippen MR) is 89.7 cm³/mol. The maximum Gasteiger partial charge on any atom is 0.224 e. The van der Waals surface area contributed by atoms with Gasteiger partial charge in [-0.1, -0.05) is 0 Å². The van der Waals surface area contributed by atoms with Crippen LogP contribution >= 0.6 is 0 Å². The van der Waals surface area contributed by atoms with Crippen LogP contribution in [0.5, 0.6) is 5.75 Å². The zero-order valence-corrected chi connectivity index (χ0v) is 14.0. The Kier molecular flexibility index (Phi) is 5.68. The highest BCUT2D eigenvalue weighted by Gasteiger charge is 2.34. The normalized spacial score (nSPS) is 25.5. The molecule has 1 aromatic carbocycles. The van der Waals surface area contributed by atoms with Gasteiger partial charge in [0.05, 0.1) is 6.61 Å². The van der Waals surface area contributed by atoms with Crippen molar-refractivity contribution in [3.63, 3.8) is 0 Å². The van der Waals surface area contributed by atoms with Crippen LogP contribution in [-0.2, 0) is 9.53 Å². The Morgan fingerprint density at radius 1 is 1.29 bits per heavy atom. The lowest BCUT2D eigenvalue weighted by Gasteiger charge is -2.28. The summed E-state index contributed by atoms with van der Waals surface area (Å²) in [6.45, 7) is 0.688. The summed E-state index contributed by atoms with van der Waals surface area (Å²) in [5.41, 5.74) is 0.466. The van der Waals surface area contributed by atoms with Gasteiger partial charge in [-0.15, -0.1) is 0 Å². The molecule has 2 aliphatic heterocycles. The molecule has 2 unspecified atom stereocenters. The van der Waals surface area contributed by atoms with Crippen molar-refractivity contribution in [3.05, 3.63) is 24.0 Å². The predicted octanol–water partition coefficient (Wildman–Crippen LogP) is 2.71. The molecule has 2 atom stereocenters. The van der Waals surface area contributed by atoms with Crippen molar-refractivity contribution in [3.8, 4) is 5.75 Å². The molecule has 6 heteroatoms. The second-order valence-corrected chi connectivity index (χ2v) is 6.71. The van der Waals surface area contributed by atoms with Gasteiger partial charge in [-0.2, -0.15) is 0 Å². The second kappa shape index (κ2) is 7.94. The van der Waals surface area contributed by atoms with Gasteiger partial charge in [0.15, 0.2) is 11.6 Å². The van der Waals surface area contributed by atoms with Gasteiger partial charge in [-0.05, 0) is 43.7 Å². The van der Waals surface area contributed by atoms with E-state index in [-0.39, 0.29) is 18.3 Å². The number of benzene rings is 1. The zero-order valence-electron chi connectivity index (χ0n) is 14.0. The highest BCUT2D eigenvalue weighted by atomic mass is 19.1. The van der Waals surface area contributed by atoms with E-state index in [0.29, 0.717) is 36.7 Å². The molecule has 0 spiro atoms. The summed E-state index contributed by atoms with van der Waals surface area (Å²) < 4.78 is 24.1. The molecule has 24 heavy (non-hydrogen) atoms. The highest BCUT2D eigenvalue weighted by Crippen LogP contribution is 2.33. The number of hydrogen-bond acceptors (Lipinski definition) is 4. The van der Waals surface area contributed by atoms with E-state index >= 15 is 0 Å². The first-order chi connectivity index (χ1) is 11.6. The summed E-state index contributed by atoms with van der Waals surface area (Å²) in [6, 6.07) is 5.64. The third-order valence-corrected chi connectivity index (χ3v) is 4.81. The number of amides is 1.